The SMILES string of the molecule is COc1cc(OC)c(OC)cc1/C=N/NC(=O)c1nn(-c2ccccc2)c2c1CCC2. The molecule has 1 N–H and O–H groups in total. The van der Waals surface area contributed by atoms with E-state index in [2.05, 4.69) is 15.6 Å². The van der Waals surface area contributed by atoms with Crippen molar-refractivity contribution in [2.45, 2.75) is 19.3 Å². The average Bonchev–Trinajstić information content (AvgIpc) is 3.42. The third-order valence-corrected chi connectivity index (χ3v) is 5.25. The van der Waals surface area contributed by atoms with Gasteiger partial charge < -0.3 is 14.2 Å². The molecule has 8 heteroatoms. The summed E-state index contributed by atoms with van der Waals surface area (Å²) in [6, 6.07) is 13.3. The molecule has 1 aromatic heterocycles. The molecular formula is C23H24N4O4. The molecule has 0 bridgehead atoms. The minimum atomic E-state index is -0.344. The van der Waals surface area contributed by atoms with Gasteiger partial charge in [0, 0.05) is 22.9 Å². The number of hydrogen-bond acceptors (Lipinski definition) is 6. The van der Waals surface area contributed by atoms with Crippen LogP contribution in [0.4, 0.5) is 0 Å². The topological polar surface area (TPSA) is 87.0 Å². The van der Waals surface area contributed by atoms with Gasteiger partial charge in [-0.15, -0.1) is 0 Å². The molecule has 1 aliphatic carbocycles. The molecule has 0 aliphatic heterocycles. The first kappa shape index (κ1) is 20.5. The van der Waals surface area contributed by atoms with E-state index in [0.717, 1.165) is 36.2 Å². The molecule has 0 unspecified atom stereocenters. The normalized spacial score (nSPS) is 12.6. The monoisotopic (exact) mass is 420 g/mol. The van der Waals surface area contributed by atoms with Gasteiger partial charge >= 0.3 is 0 Å². The van der Waals surface area contributed by atoms with Crippen molar-refractivity contribution in [2.24, 2.45) is 5.10 Å². The molecule has 1 amide bonds. The summed E-state index contributed by atoms with van der Waals surface area (Å²) in [5.41, 5.74) is 6.65. The number of hydrogen-bond donors (Lipinski definition) is 1. The smallest absolute Gasteiger partial charge is 0.292 e. The molecule has 2 aromatic carbocycles. The van der Waals surface area contributed by atoms with Crippen molar-refractivity contribution in [3.05, 3.63) is 65.0 Å². The lowest BCUT2D eigenvalue weighted by atomic mass is 10.2. The van der Waals surface area contributed by atoms with Crippen molar-refractivity contribution in [1.29, 1.82) is 0 Å². The molecular weight excluding hydrogens is 396 g/mol. The van der Waals surface area contributed by atoms with Crippen LogP contribution in [0.25, 0.3) is 5.69 Å². The number of rotatable bonds is 7. The second-order valence-corrected chi connectivity index (χ2v) is 7.02. The highest BCUT2D eigenvalue weighted by atomic mass is 16.5. The van der Waals surface area contributed by atoms with Crippen LogP contribution in [0.5, 0.6) is 17.2 Å². The van der Waals surface area contributed by atoms with Gasteiger partial charge in [0.05, 0.1) is 33.2 Å². The Bertz CT molecular complexity index is 1120. The van der Waals surface area contributed by atoms with Gasteiger partial charge in [-0.25, -0.2) is 10.1 Å². The van der Waals surface area contributed by atoms with E-state index in [1.54, 1.807) is 33.5 Å². The molecule has 160 valence electrons. The number of para-hydroxylation sites is 1. The van der Waals surface area contributed by atoms with Crippen molar-refractivity contribution >= 4 is 12.1 Å². The predicted octanol–water partition coefficient (Wildman–Crippen LogP) is 3.15. The molecule has 4 rings (SSSR count). The number of carbonyl (C=O) groups is 1. The summed E-state index contributed by atoms with van der Waals surface area (Å²) >= 11 is 0. The van der Waals surface area contributed by atoms with Gasteiger partial charge in [-0.3, -0.25) is 4.79 Å². The van der Waals surface area contributed by atoms with Crippen LogP contribution in [-0.2, 0) is 12.8 Å². The first-order chi connectivity index (χ1) is 15.2. The van der Waals surface area contributed by atoms with Crippen LogP contribution in [0, 0.1) is 0 Å². The van der Waals surface area contributed by atoms with Crippen LogP contribution in [0.3, 0.4) is 0 Å². The summed E-state index contributed by atoms with van der Waals surface area (Å²) in [7, 11) is 4.66. The van der Waals surface area contributed by atoms with Crippen LogP contribution in [-0.4, -0.2) is 43.2 Å². The van der Waals surface area contributed by atoms with Crippen LogP contribution < -0.4 is 19.6 Å². The summed E-state index contributed by atoms with van der Waals surface area (Å²) in [4.78, 5) is 12.8. The molecule has 1 heterocycles. The number of ether oxygens (including phenoxy) is 3. The fourth-order valence-electron chi connectivity index (χ4n) is 3.77. The van der Waals surface area contributed by atoms with Gasteiger partial charge in [0.1, 0.15) is 5.75 Å². The number of nitrogens with zero attached hydrogens (tertiary/aromatic N) is 3. The molecule has 0 saturated heterocycles. The Morgan fingerprint density at radius 2 is 1.74 bits per heavy atom. The zero-order valence-electron chi connectivity index (χ0n) is 17.7. The van der Waals surface area contributed by atoms with E-state index in [1.807, 2.05) is 35.0 Å². The minimum absolute atomic E-state index is 0.344. The highest BCUT2D eigenvalue weighted by molar-refractivity contribution is 5.95. The molecule has 3 aromatic rings. The van der Waals surface area contributed by atoms with Crippen molar-refractivity contribution in [2.75, 3.05) is 21.3 Å². The first-order valence-electron chi connectivity index (χ1n) is 9.96. The molecule has 1 aliphatic rings. The fraction of sp³-hybridized carbons (Fsp3) is 0.261. The number of benzene rings is 2. The summed E-state index contributed by atoms with van der Waals surface area (Å²) < 4.78 is 17.9. The number of nitrogens with one attached hydrogen (secondary N) is 1. The lowest BCUT2D eigenvalue weighted by Gasteiger charge is -2.11. The summed E-state index contributed by atoms with van der Waals surface area (Å²) in [5, 5.41) is 8.70. The first-order valence-corrected chi connectivity index (χ1v) is 9.96. The number of carbonyl (C=O) groups excluding carboxylic acids is 1. The van der Waals surface area contributed by atoms with Crippen LogP contribution >= 0.6 is 0 Å². The highest BCUT2D eigenvalue weighted by Gasteiger charge is 2.26. The largest absolute Gasteiger partial charge is 0.496 e. The lowest BCUT2D eigenvalue weighted by Crippen LogP contribution is -2.20. The number of amides is 1. The molecule has 8 nitrogen and oxygen atoms in total. The van der Waals surface area contributed by atoms with E-state index in [-0.39, 0.29) is 5.91 Å². The van der Waals surface area contributed by atoms with E-state index in [0.29, 0.717) is 28.5 Å². The van der Waals surface area contributed by atoms with Crippen LogP contribution in [0.2, 0.25) is 0 Å². The maximum atomic E-state index is 12.8. The summed E-state index contributed by atoms with van der Waals surface area (Å²) in [6.07, 6.45) is 4.24. The van der Waals surface area contributed by atoms with Gasteiger partial charge in [0.25, 0.3) is 5.91 Å². The Labute approximate surface area is 180 Å². The maximum Gasteiger partial charge on any atom is 0.292 e. The zero-order chi connectivity index (χ0) is 21.8. The molecule has 31 heavy (non-hydrogen) atoms. The van der Waals surface area contributed by atoms with Crippen molar-refractivity contribution < 1.29 is 19.0 Å². The standard InChI is InChI=1S/C23H24N4O4/c1-29-19-13-21(31-3)20(30-2)12-15(19)14-24-25-23(28)22-17-10-7-11-18(17)27(26-22)16-8-5-4-6-9-16/h4-6,8-9,12-14H,7,10-11H2,1-3H3,(H,25,28)/b24-14+. The highest BCUT2D eigenvalue weighted by Crippen LogP contribution is 2.33. The third kappa shape index (κ3) is 3.96. The molecule has 0 atom stereocenters. The number of aromatic nitrogens is 2. The lowest BCUT2D eigenvalue weighted by molar-refractivity contribution is 0.0949. The van der Waals surface area contributed by atoms with Crippen molar-refractivity contribution in [3.63, 3.8) is 0 Å². The maximum absolute atomic E-state index is 12.8. The minimum Gasteiger partial charge on any atom is -0.496 e. The Morgan fingerprint density at radius 3 is 2.45 bits per heavy atom. The van der Waals surface area contributed by atoms with Gasteiger partial charge in [-0.1, -0.05) is 18.2 Å². The quantitative estimate of drug-likeness (QED) is 0.469. The third-order valence-electron chi connectivity index (χ3n) is 5.25. The summed E-state index contributed by atoms with van der Waals surface area (Å²) in [5.74, 6) is 1.28. The number of methoxy groups -OCH3 is 3. The number of hydrazone groups is 1. The van der Waals surface area contributed by atoms with Crippen LogP contribution in [0.15, 0.2) is 47.6 Å². The Morgan fingerprint density at radius 1 is 1.03 bits per heavy atom. The molecule has 0 saturated carbocycles. The molecule has 0 fully saturated rings. The van der Waals surface area contributed by atoms with Gasteiger partial charge in [0.2, 0.25) is 0 Å². The van der Waals surface area contributed by atoms with E-state index in [4.69, 9.17) is 14.2 Å². The van der Waals surface area contributed by atoms with Crippen molar-refractivity contribution in [3.8, 4) is 22.9 Å². The Hall–Kier alpha value is -3.81. The van der Waals surface area contributed by atoms with E-state index in [1.165, 1.54) is 6.21 Å². The van der Waals surface area contributed by atoms with E-state index >= 15 is 0 Å². The van der Waals surface area contributed by atoms with Gasteiger partial charge in [-0.05, 0) is 37.5 Å². The summed E-state index contributed by atoms with van der Waals surface area (Å²) in [6.45, 7) is 0. The molecule has 0 radical (unpaired) electrons. The molecule has 0 spiro atoms. The Balaban J connectivity index is 1.57. The zero-order valence-corrected chi connectivity index (χ0v) is 17.7. The second kappa shape index (κ2) is 8.91. The average molecular weight is 420 g/mol. The fourth-order valence-corrected chi connectivity index (χ4v) is 3.77. The Kier molecular flexibility index (Phi) is 5.88. The van der Waals surface area contributed by atoms with Crippen LogP contribution in [0.1, 0.15) is 33.7 Å². The van der Waals surface area contributed by atoms with Gasteiger partial charge in [0.15, 0.2) is 17.2 Å². The number of fused-ring (bicyclic) bond motifs is 1. The predicted molar refractivity (Wildman–Crippen MR) is 117 cm³/mol. The van der Waals surface area contributed by atoms with Gasteiger partial charge in [-0.2, -0.15) is 10.2 Å². The van der Waals surface area contributed by atoms with E-state index in [9.17, 15) is 4.79 Å². The second-order valence-electron chi connectivity index (χ2n) is 7.02. The van der Waals surface area contributed by atoms with E-state index < -0.39 is 0 Å². The van der Waals surface area contributed by atoms with Crippen molar-refractivity contribution in [1.82, 2.24) is 15.2 Å².